The molecule has 0 spiro atoms. The molecule has 1 aliphatic rings. The fourth-order valence-electron chi connectivity index (χ4n) is 2.19. The van der Waals surface area contributed by atoms with E-state index in [0.29, 0.717) is 19.5 Å². The Hall–Kier alpha value is -1.91. The third kappa shape index (κ3) is 3.77. The van der Waals surface area contributed by atoms with E-state index < -0.39 is 0 Å². The largest absolute Gasteiger partial charge is 0.356 e. The molecule has 0 unspecified atom stereocenters. The SMILES string of the molecule is CN1CC[C@@H](C(=O)NCCc2cccnc2)CC1=O. The van der Waals surface area contributed by atoms with Gasteiger partial charge in [-0.15, -0.1) is 0 Å². The van der Waals surface area contributed by atoms with Crippen LogP contribution in [0.1, 0.15) is 18.4 Å². The Bertz CT molecular complexity index is 447. The van der Waals surface area contributed by atoms with Crippen LogP contribution in [0.2, 0.25) is 0 Å². The number of piperidine rings is 1. The Balaban J connectivity index is 1.74. The smallest absolute Gasteiger partial charge is 0.223 e. The first kappa shape index (κ1) is 13.5. The van der Waals surface area contributed by atoms with Gasteiger partial charge in [0.15, 0.2) is 0 Å². The first-order valence-electron chi connectivity index (χ1n) is 6.57. The molecule has 1 fully saturated rings. The van der Waals surface area contributed by atoms with Crippen molar-refractivity contribution in [3.8, 4) is 0 Å². The third-order valence-corrected chi connectivity index (χ3v) is 3.47. The number of amides is 2. The van der Waals surface area contributed by atoms with Crippen molar-refractivity contribution in [2.75, 3.05) is 20.1 Å². The monoisotopic (exact) mass is 261 g/mol. The standard InChI is InChI=1S/C14H19N3O2/c1-17-8-5-12(9-13(17)18)14(19)16-7-4-11-3-2-6-15-10-11/h2-3,6,10,12H,4-5,7-9H2,1H3,(H,16,19)/t12-/m1/s1. The van der Waals surface area contributed by atoms with Gasteiger partial charge in [-0.3, -0.25) is 14.6 Å². The number of aromatic nitrogens is 1. The zero-order valence-electron chi connectivity index (χ0n) is 11.1. The molecule has 102 valence electrons. The average Bonchev–Trinajstić information content (AvgIpc) is 2.43. The minimum absolute atomic E-state index is 0.00894. The molecule has 5 heteroatoms. The van der Waals surface area contributed by atoms with E-state index in [1.54, 1.807) is 24.3 Å². The number of carbonyl (C=O) groups is 2. The number of likely N-dealkylation sites (tertiary alicyclic amines) is 1. The highest BCUT2D eigenvalue weighted by Crippen LogP contribution is 2.17. The summed E-state index contributed by atoms with van der Waals surface area (Å²) in [7, 11) is 1.78. The highest BCUT2D eigenvalue weighted by molar-refractivity contribution is 5.86. The van der Waals surface area contributed by atoms with Gasteiger partial charge in [-0.2, -0.15) is 0 Å². The van der Waals surface area contributed by atoms with Gasteiger partial charge in [-0.1, -0.05) is 6.07 Å². The van der Waals surface area contributed by atoms with Crippen molar-refractivity contribution in [2.24, 2.45) is 5.92 Å². The van der Waals surface area contributed by atoms with Crippen LogP contribution in [0, 0.1) is 5.92 Å². The molecule has 2 heterocycles. The molecule has 1 saturated heterocycles. The topological polar surface area (TPSA) is 62.3 Å². The number of hydrogen-bond donors (Lipinski definition) is 1. The Morgan fingerprint density at radius 1 is 1.58 bits per heavy atom. The number of nitrogens with one attached hydrogen (secondary N) is 1. The third-order valence-electron chi connectivity index (χ3n) is 3.47. The minimum atomic E-state index is -0.169. The van der Waals surface area contributed by atoms with Crippen molar-refractivity contribution in [1.29, 1.82) is 0 Å². The first-order chi connectivity index (χ1) is 9.16. The summed E-state index contributed by atoms with van der Waals surface area (Å²) in [6.07, 6.45) is 5.37. The second kappa shape index (κ2) is 6.31. The van der Waals surface area contributed by atoms with Gasteiger partial charge in [0.1, 0.15) is 0 Å². The van der Waals surface area contributed by atoms with Gasteiger partial charge < -0.3 is 10.2 Å². The van der Waals surface area contributed by atoms with Gasteiger partial charge in [-0.25, -0.2) is 0 Å². The molecule has 1 aromatic rings. The maximum Gasteiger partial charge on any atom is 0.223 e. The van der Waals surface area contributed by atoms with Gasteiger partial charge in [0.25, 0.3) is 0 Å². The molecular formula is C14H19N3O2. The lowest BCUT2D eigenvalue weighted by Crippen LogP contribution is -2.42. The highest BCUT2D eigenvalue weighted by Gasteiger charge is 2.28. The van der Waals surface area contributed by atoms with Crippen LogP contribution in [0.5, 0.6) is 0 Å². The van der Waals surface area contributed by atoms with E-state index in [4.69, 9.17) is 0 Å². The van der Waals surface area contributed by atoms with Crippen molar-refractivity contribution in [1.82, 2.24) is 15.2 Å². The molecule has 2 rings (SSSR count). The van der Waals surface area contributed by atoms with Crippen LogP contribution in [0.25, 0.3) is 0 Å². The van der Waals surface area contributed by atoms with E-state index in [0.717, 1.165) is 18.4 Å². The van der Waals surface area contributed by atoms with Gasteiger partial charge in [0, 0.05) is 44.9 Å². The Kier molecular flexibility index (Phi) is 4.49. The summed E-state index contributed by atoms with van der Waals surface area (Å²) < 4.78 is 0. The summed E-state index contributed by atoms with van der Waals surface area (Å²) in [5, 5.41) is 2.90. The van der Waals surface area contributed by atoms with Gasteiger partial charge in [-0.05, 0) is 24.5 Å². The van der Waals surface area contributed by atoms with Crippen LogP contribution in [0.15, 0.2) is 24.5 Å². The van der Waals surface area contributed by atoms with Gasteiger partial charge in [0.2, 0.25) is 11.8 Å². The Morgan fingerprint density at radius 3 is 3.11 bits per heavy atom. The van der Waals surface area contributed by atoms with E-state index >= 15 is 0 Å². The van der Waals surface area contributed by atoms with Crippen molar-refractivity contribution in [2.45, 2.75) is 19.3 Å². The molecule has 0 aromatic carbocycles. The Morgan fingerprint density at radius 2 is 2.42 bits per heavy atom. The molecular weight excluding hydrogens is 242 g/mol. The predicted molar refractivity (Wildman–Crippen MR) is 71.3 cm³/mol. The first-order valence-corrected chi connectivity index (χ1v) is 6.57. The summed E-state index contributed by atoms with van der Waals surface area (Å²) in [5.74, 6) is -0.124. The molecule has 0 radical (unpaired) electrons. The molecule has 0 bridgehead atoms. The zero-order valence-corrected chi connectivity index (χ0v) is 11.1. The van der Waals surface area contributed by atoms with Crippen molar-refractivity contribution < 1.29 is 9.59 Å². The molecule has 1 atom stereocenters. The predicted octanol–water partition coefficient (Wildman–Crippen LogP) is 0.609. The lowest BCUT2D eigenvalue weighted by Gasteiger charge is -2.27. The van der Waals surface area contributed by atoms with Gasteiger partial charge in [0.05, 0.1) is 0 Å². The molecule has 1 aliphatic heterocycles. The quantitative estimate of drug-likeness (QED) is 0.863. The van der Waals surface area contributed by atoms with Crippen molar-refractivity contribution >= 4 is 11.8 Å². The van der Waals surface area contributed by atoms with E-state index in [2.05, 4.69) is 10.3 Å². The number of nitrogens with zero attached hydrogens (tertiary/aromatic N) is 2. The summed E-state index contributed by atoms with van der Waals surface area (Å²) >= 11 is 0. The zero-order chi connectivity index (χ0) is 13.7. The highest BCUT2D eigenvalue weighted by atomic mass is 16.2. The van der Waals surface area contributed by atoms with Crippen LogP contribution < -0.4 is 5.32 Å². The van der Waals surface area contributed by atoms with Gasteiger partial charge >= 0.3 is 0 Å². The van der Waals surface area contributed by atoms with Crippen LogP contribution in [0.3, 0.4) is 0 Å². The van der Waals surface area contributed by atoms with Crippen molar-refractivity contribution in [3.63, 3.8) is 0 Å². The lowest BCUT2D eigenvalue weighted by atomic mass is 9.95. The number of hydrogen-bond acceptors (Lipinski definition) is 3. The van der Waals surface area contributed by atoms with E-state index in [-0.39, 0.29) is 17.7 Å². The maximum absolute atomic E-state index is 11.9. The summed E-state index contributed by atoms with van der Waals surface area (Å²) in [6, 6.07) is 3.87. The minimum Gasteiger partial charge on any atom is -0.356 e. The summed E-state index contributed by atoms with van der Waals surface area (Å²) in [4.78, 5) is 29.2. The van der Waals surface area contributed by atoms with Crippen LogP contribution in [-0.2, 0) is 16.0 Å². The maximum atomic E-state index is 11.9. The Labute approximate surface area is 113 Å². The number of pyridine rings is 1. The summed E-state index contributed by atoms with van der Waals surface area (Å²) in [5.41, 5.74) is 1.10. The molecule has 1 N–H and O–H groups in total. The fraction of sp³-hybridized carbons (Fsp3) is 0.500. The fourth-order valence-corrected chi connectivity index (χ4v) is 2.19. The lowest BCUT2D eigenvalue weighted by molar-refractivity contribution is -0.139. The van der Waals surface area contributed by atoms with Crippen LogP contribution >= 0.6 is 0 Å². The number of rotatable bonds is 4. The van der Waals surface area contributed by atoms with E-state index in [1.165, 1.54) is 0 Å². The average molecular weight is 261 g/mol. The van der Waals surface area contributed by atoms with E-state index in [9.17, 15) is 9.59 Å². The molecule has 2 amide bonds. The summed E-state index contributed by atoms with van der Waals surface area (Å²) in [6.45, 7) is 1.25. The number of carbonyl (C=O) groups excluding carboxylic acids is 2. The molecule has 5 nitrogen and oxygen atoms in total. The van der Waals surface area contributed by atoms with E-state index in [1.807, 2.05) is 12.1 Å². The van der Waals surface area contributed by atoms with Crippen LogP contribution in [-0.4, -0.2) is 41.8 Å². The molecule has 19 heavy (non-hydrogen) atoms. The normalized spacial score (nSPS) is 19.3. The van der Waals surface area contributed by atoms with Crippen LogP contribution in [0.4, 0.5) is 0 Å². The second-order valence-corrected chi connectivity index (χ2v) is 4.91. The molecule has 0 aliphatic carbocycles. The second-order valence-electron chi connectivity index (χ2n) is 4.91. The molecule has 1 aromatic heterocycles. The van der Waals surface area contributed by atoms with Crippen molar-refractivity contribution in [3.05, 3.63) is 30.1 Å². The molecule has 0 saturated carbocycles.